The quantitative estimate of drug-likeness (QED) is 0.867. The van der Waals surface area contributed by atoms with Crippen LogP contribution in [0.1, 0.15) is 18.4 Å². The summed E-state index contributed by atoms with van der Waals surface area (Å²) >= 11 is 3.02. The molecule has 0 bridgehead atoms. The lowest BCUT2D eigenvalue weighted by Gasteiger charge is -2.27. The van der Waals surface area contributed by atoms with Crippen molar-refractivity contribution in [3.8, 4) is 0 Å². The van der Waals surface area contributed by atoms with E-state index >= 15 is 0 Å². The average Bonchev–Trinajstić information content (AvgIpc) is 2.40. The van der Waals surface area contributed by atoms with E-state index in [1.165, 1.54) is 12.1 Å². The molecule has 0 aliphatic carbocycles. The molecule has 0 spiro atoms. The minimum Gasteiger partial charge on any atom is -0.392 e. The van der Waals surface area contributed by atoms with Crippen LogP contribution in [0.2, 0.25) is 0 Å². The van der Waals surface area contributed by atoms with Gasteiger partial charge in [0.15, 0.2) is 0 Å². The van der Waals surface area contributed by atoms with Crippen LogP contribution in [-0.2, 0) is 11.2 Å². The number of aliphatic hydroxyl groups excluding tert-OH is 1. The van der Waals surface area contributed by atoms with Gasteiger partial charge in [0.1, 0.15) is 11.6 Å². The Hall–Kier alpha value is -0.520. The van der Waals surface area contributed by atoms with Crippen molar-refractivity contribution in [1.29, 1.82) is 0 Å². The number of halogens is 3. The summed E-state index contributed by atoms with van der Waals surface area (Å²) in [4.78, 5) is 0. The Morgan fingerprint density at radius 2 is 2.00 bits per heavy atom. The second-order valence-electron chi connectivity index (χ2n) is 4.54. The van der Waals surface area contributed by atoms with Gasteiger partial charge in [-0.05, 0) is 46.8 Å². The fraction of sp³-hybridized carbons (Fsp3) is 0.538. The van der Waals surface area contributed by atoms with E-state index in [2.05, 4.69) is 15.9 Å². The van der Waals surface area contributed by atoms with E-state index in [4.69, 9.17) is 4.74 Å². The zero-order valence-corrected chi connectivity index (χ0v) is 11.4. The molecule has 0 radical (unpaired) electrons. The third-order valence-corrected chi connectivity index (χ3v) is 3.97. The topological polar surface area (TPSA) is 29.5 Å². The smallest absolute Gasteiger partial charge is 0.143 e. The summed E-state index contributed by atoms with van der Waals surface area (Å²) in [5, 5.41) is 10.1. The summed E-state index contributed by atoms with van der Waals surface area (Å²) in [6, 6.07) is 2.54. The number of benzene rings is 1. The van der Waals surface area contributed by atoms with Crippen molar-refractivity contribution in [3.05, 3.63) is 33.8 Å². The lowest BCUT2D eigenvalue weighted by molar-refractivity contribution is 0.00782. The molecule has 1 saturated heterocycles. The molecule has 1 unspecified atom stereocenters. The summed E-state index contributed by atoms with van der Waals surface area (Å²) in [5.74, 6) is -1.18. The monoisotopic (exact) mass is 320 g/mol. The molecule has 18 heavy (non-hydrogen) atoms. The number of aliphatic hydroxyl groups is 1. The van der Waals surface area contributed by atoms with Gasteiger partial charge in [-0.2, -0.15) is 0 Å². The summed E-state index contributed by atoms with van der Waals surface area (Å²) in [5.41, 5.74) is -0.0524. The maximum Gasteiger partial charge on any atom is 0.143 e. The summed E-state index contributed by atoms with van der Waals surface area (Å²) in [7, 11) is 0. The van der Waals surface area contributed by atoms with Gasteiger partial charge in [-0.25, -0.2) is 8.78 Å². The van der Waals surface area contributed by atoms with E-state index in [0.717, 1.165) is 12.8 Å². The van der Waals surface area contributed by atoms with E-state index in [1.54, 1.807) is 0 Å². The Morgan fingerprint density at radius 3 is 2.67 bits per heavy atom. The predicted molar refractivity (Wildman–Crippen MR) is 67.3 cm³/mol. The van der Waals surface area contributed by atoms with Gasteiger partial charge in [0.25, 0.3) is 0 Å². The van der Waals surface area contributed by atoms with Gasteiger partial charge in [0, 0.05) is 25.2 Å². The Morgan fingerprint density at radius 1 is 1.33 bits per heavy atom. The second kappa shape index (κ2) is 6.08. The van der Waals surface area contributed by atoms with Crippen LogP contribution in [0.15, 0.2) is 16.6 Å². The van der Waals surface area contributed by atoms with Crippen molar-refractivity contribution in [2.24, 2.45) is 5.92 Å². The van der Waals surface area contributed by atoms with Crippen LogP contribution in [0.3, 0.4) is 0 Å². The molecule has 1 atom stereocenters. The van der Waals surface area contributed by atoms with Crippen LogP contribution in [0, 0.1) is 17.6 Å². The predicted octanol–water partition coefficient (Wildman–Crippen LogP) is 3.06. The molecule has 2 nitrogen and oxygen atoms in total. The Bertz CT molecular complexity index is 420. The molecule has 0 aromatic heterocycles. The molecule has 1 aliphatic rings. The van der Waals surface area contributed by atoms with Gasteiger partial charge in [0.2, 0.25) is 0 Å². The highest BCUT2D eigenvalue weighted by Crippen LogP contribution is 2.26. The van der Waals surface area contributed by atoms with E-state index in [0.29, 0.717) is 13.2 Å². The van der Waals surface area contributed by atoms with Gasteiger partial charge >= 0.3 is 0 Å². The zero-order valence-electron chi connectivity index (χ0n) is 9.83. The van der Waals surface area contributed by atoms with Crippen LogP contribution in [0.4, 0.5) is 8.78 Å². The van der Waals surface area contributed by atoms with Crippen molar-refractivity contribution in [2.45, 2.75) is 25.4 Å². The van der Waals surface area contributed by atoms with Crippen LogP contribution < -0.4 is 0 Å². The lowest BCUT2D eigenvalue weighted by atomic mass is 9.89. The fourth-order valence-electron chi connectivity index (χ4n) is 2.23. The molecule has 100 valence electrons. The third-order valence-electron chi connectivity index (χ3n) is 3.36. The largest absolute Gasteiger partial charge is 0.392 e. The first-order valence-electron chi connectivity index (χ1n) is 5.97. The zero-order chi connectivity index (χ0) is 13.1. The number of hydrogen-bond acceptors (Lipinski definition) is 2. The SMILES string of the molecule is OC(Cc1c(F)ccc(Br)c1F)C1CCOCC1. The Balaban J connectivity index is 2.10. The van der Waals surface area contributed by atoms with Crippen LogP contribution in [0.25, 0.3) is 0 Å². The molecule has 1 N–H and O–H groups in total. The first kappa shape index (κ1) is 13.9. The van der Waals surface area contributed by atoms with Gasteiger partial charge in [-0.15, -0.1) is 0 Å². The van der Waals surface area contributed by atoms with Crippen molar-refractivity contribution in [3.63, 3.8) is 0 Å². The highest BCUT2D eigenvalue weighted by molar-refractivity contribution is 9.10. The number of rotatable bonds is 3. The standard InChI is InChI=1S/C13H15BrF2O2/c14-10-1-2-11(15)9(13(10)16)7-12(17)8-3-5-18-6-4-8/h1-2,8,12,17H,3-7H2. The second-order valence-corrected chi connectivity index (χ2v) is 5.40. The van der Waals surface area contributed by atoms with E-state index in [-0.39, 0.29) is 22.4 Å². The van der Waals surface area contributed by atoms with E-state index < -0.39 is 17.7 Å². The molecule has 5 heteroatoms. The van der Waals surface area contributed by atoms with Gasteiger partial charge < -0.3 is 9.84 Å². The minimum absolute atomic E-state index is 0.00176. The van der Waals surface area contributed by atoms with Gasteiger partial charge in [-0.1, -0.05) is 0 Å². The molecule has 1 aliphatic heterocycles. The average molecular weight is 321 g/mol. The molecular weight excluding hydrogens is 306 g/mol. The highest BCUT2D eigenvalue weighted by Gasteiger charge is 2.25. The van der Waals surface area contributed by atoms with Crippen LogP contribution in [0.5, 0.6) is 0 Å². The van der Waals surface area contributed by atoms with Crippen molar-refractivity contribution >= 4 is 15.9 Å². The van der Waals surface area contributed by atoms with Gasteiger partial charge in [-0.3, -0.25) is 0 Å². The van der Waals surface area contributed by atoms with Crippen molar-refractivity contribution in [2.75, 3.05) is 13.2 Å². The fourth-order valence-corrected chi connectivity index (χ4v) is 2.60. The van der Waals surface area contributed by atoms with Gasteiger partial charge in [0.05, 0.1) is 10.6 Å². The molecule has 1 heterocycles. The summed E-state index contributed by atoms with van der Waals surface area (Å²) in [6.45, 7) is 1.20. The van der Waals surface area contributed by atoms with Crippen LogP contribution >= 0.6 is 15.9 Å². The highest BCUT2D eigenvalue weighted by atomic mass is 79.9. The van der Waals surface area contributed by atoms with E-state index in [1.807, 2.05) is 0 Å². The molecule has 1 aromatic carbocycles. The third kappa shape index (κ3) is 3.08. The molecule has 0 amide bonds. The minimum atomic E-state index is -0.729. The van der Waals surface area contributed by atoms with Crippen molar-refractivity contribution in [1.82, 2.24) is 0 Å². The molecule has 1 fully saturated rings. The normalized spacial score (nSPS) is 18.9. The molecule has 1 aromatic rings. The number of ether oxygens (including phenoxy) is 1. The Labute approximate surface area is 113 Å². The van der Waals surface area contributed by atoms with Crippen molar-refractivity contribution < 1.29 is 18.6 Å². The maximum absolute atomic E-state index is 13.8. The van der Waals surface area contributed by atoms with Crippen LogP contribution in [-0.4, -0.2) is 24.4 Å². The number of hydrogen-bond donors (Lipinski definition) is 1. The summed E-state index contributed by atoms with van der Waals surface area (Å²) < 4.78 is 32.7. The van der Waals surface area contributed by atoms with E-state index in [9.17, 15) is 13.9 Å². The first-order chi connectivity index (χ1) is 8.59. The Kier molecular flexibility index (Phi) is 4.70. The maximum atomic E-state index is 13.8. The molecule has 0 saturated carbocycles. The summed E-state index contributed by atoms with van der Waals surface area (Å²) in [6.07, 6.45) is 0.741. The lowest BCUT2D eigenvalue weighted by Crippen LogP contribution is -2.29. The first-order valence-corrected chi connectivity index (χ1v) is 6.77. The molecule has 2 rings (SSSR count). The molecular formula is C13H15BrF2O2.